The molecule has 1 N–H and O–H groups in total. The highest BCUT2D eigenvalue weighted by molar-refractivity contribution is 7.99. The van der Waals surface area contributed by atoms with Gasteiger partial charge in [0.1, 0.15) is 6.04 Å². The molecule has 2 unspecified atom stereocenters. The maximum atomic E-state index is 13.1. The van der Waals surface area contributed by atoms with Gasteiger partial charge >= 0.3 is 0 Å². The number of nitrogens with one attached hydrogen (secondary N) is 1. The normalized spacial score (nSPS) is 12.8. The van der Waals surface area contributed by atoms with E-state index in [0.717, 1.165) is 17.7 Å². The van der Waals surface area contributed by atoms with Crippen molar-refractivity contribution in [3.63, 3.8) is 0 Å². The van der Waals surface area contributed by atoms with E-state index in [2.05, 4.69) is 24.4 Å². The number of aryl methyl sites for hydroxylation is 1. The van der Waals surface area contributed by atoms with E-state index in [1.54, 1.807) is 29.7 Å². The molecule has 2 aromatic carbocycles. The van der Waals surface area contributed by atoms with Crippen molar-refractivity contribution < 1.29 is 9.59 Å². The Labute approximate surface area is 189 Å². The van der Waals surface area contributed by atoms with Crippen LogP contribution < -0.4 is 5.32 Å². The van der Waals surface area contributed by atoms with E-state index >= 15 is 0 Å². The van der Waals surface area contributed by atoms with E-state index in [1.165, 1.54) is 11.1 Å². The van der Waals surface area contributed by atoms with E-state index in [4.69, 9.17) is 11.6 Å². The molecule has 0 saturated carbocycles. The van der Waals surface area contributed by atoms with Gasteiger partial charge in [0, 0.05) is 23.4 Å². The lowest BCUT2D eigenvalue weighted by atomic mass is 10.1. The first-order chi connectivity index (χ1) is 14.3. The number of hydrogen-bond donors (Lipinski definition) is 1. The summed E-state index contributed by atoms with van der Waals surface area (Å²) < 4.78 is 0. The van der Waals surface area contributed by atoms with Crippen molar-refractivity contribution in [1.29, 1.82) is 0 Å². The minimum atomic E-state index is -0.582. The molecule has 2 atom stereocenters. The fourth-order valence-electron chi connectivity index (χ4n) is 2.96. The molecule has 0 spiro atoms. The Hall–Kier alpha value is -1.98. The van der Waals surface area contributed by atoms with Crippen LogP contribution in [-0.4, -0.2) is 34.6 Å². The number of carbonyl (C=O) groups excluding carboxylic acids is 2. The first-order valence-electron chi connectivity index (χ1n) is 10.3. The highest BCUT2D eigenvalue weighted by Gasteiger charge is 2.27. The molecule has 0 radical (unpaired) electrons. The number of thioether (sulfide) groups is 1. The Morgan fingerprint density at radius 1 is 1.07 bits per heavy atom. The van der Waals surface area contributed by atoms with E-state index in [1.807, 2.05) is 44.2 Å². The predicted octanol–water partition coefficient (Wildman–Crippen LogP) is 5.21. The van der Waals surface area contributed by atoms with Crippen LogP contribution in [0.25, 0.3) is 0 Å². The summed E-state index contributed by atoms with van der Waals surface area (Å²) in [7, 11) is 0. The van der Waals surface area contributed by atoms with Crippen molar-refractivity contribution >= 4 is 35.2 Å². The fourth-order valence-corrected chi connectivity index (χ4v) is 4.14. The lowest BCUT2D eigenvalue weighted by Gasteiger charge is -2.30. The van der Waals surface area contributed by atoms with Crippen LogP contribution in [0.1, 0.15) is 43.9 Å². The van der Waals surface area contributed by atoms with Crippen molar-refractivity contribution in [1.82, 2.24) is 10.2 Å². The Bertz CT molecular complexity index is 859. The first kappa shape index (κ1) is 24.3. The summed E-state index contributed by atoms with van der Waals surface area (Å²) in [6.45, 7) is 8.13. The fraction of sp³-hybridized carbons (Fsp3) is 0.417. The molecule has 0 heterocycles. The molecule has 162 valence electrons. The van der Waals surface area contributed by atoms with Crippen molar-refractivity contribution in [3.05, 3.63) is 70.2 Å². The molecular formula is C24H31ClN2O2S. The van der Waals surface area contributed by atoms with Crippen molar-refractivity contribution in [2.75, 3.05) is 5.75 Å². The standard InChI is InChI=1S/C24H31ClN2O2S/c1-5-18(3)26-24(29)19(4)27(14-20-11-8-9-13-22(20)25)23(28)16-30-15-21-12-7-6-10-17(21)2/h6-13,18-19H,5,14-16H2,1-4H3,(H,26,29). The third-order valence-electron chi connectivity index (χ3n) is 5.21. The highest BCUT2D eigenvalue weighted by atomic mass is 35.5. The van der Waals surface area contributed by atoms with Crippen LogP contribution in [0.15, 0.2) is 48.5 Å². The first-order valence-corrected chi connectivity index (χ1v) is 11.8. The average Bonchev–Trinajstić information content (AvgIpc) is 2.73. The molecule has 0 saturated heterocycles. The monoisotopic (exact) mass is 446 g/mol. The van der Waals surface area contributed by atoms with Crippen LogP contribution in [0.3, 0.4) is 0 Å². The molecule has 2 rings (SSSR count). The molecule has 0 aliphatic heterocycles. The Morgan fingerprint density at radius 3 is 2.33 bits per heavy atom. The molecule has 2 aromatic rings. The average molecular weight is 447 g/mol. The summed E-state index contributed by atoms with van der Waals surface area (Å²) in [6, 6.07) is 15.1. The van der Waals surface area contributed by atoms with Gasteiger partial charge < -0.3 is 10.2 Å². The molecule has 4 nitrogen and oxygen atoms in total. The molecule has 0 bridgehead atoms. The second-order valence-electron chi connectivity index (χ2n) is 7.53. The van der Waals surface area contributed by atoms with Gasteiger partial charge in [0.05, 0.1) is 5.75 Å². The van der Waals surface area contributed by atoms with Gasteiger partial charge in [0.25, 0.3) is 0 Å². The smallest absolute Gasteiger partial charge is 0.242 e. The molecular weight excluding hydrogens is 416 g/mol. The number of nitrogens with zero attached hydrogens (tertiary/aromatic N) is 1. The van der Waals surface area contributed by atoms with Gasteiger partial charge in [0.15, 0.2) is 0 Å². The van der Waals surface area contributed by atoms with Crippen LogP contribution in [0.2, 0.25) is 5.02 Å². The van der Waals surface area contributed by atoms with Crippen LogP contribution in [-0.2, 0) is 21.9 Å². The van der Waals surface area contributed by atoms with Crippen molar-refractivity contribution in [2.45, 2.75) is 58.5 Å². The van der Waals surface area contributed by atoms with Crippen molar-refractivity contribution in [2.24, 2.45) is 0 Å². The summed E-state index contributed by atoms with van der Waals surface area (Å²) in [5.41, 5.74) is 3.27. The third-order valence-corrected chi connectivity index (χ3v) is 6.55. The van der Waals surface area contributed by atoms with Gasteiger partial charge in [-0.05, 0) is 49.9 Å². The lowest BCUT2D eigenvalue weighted by Crippen LogP contribution is -2.50. The summed E-state index contributed by atoms with van der Waals surface area (Å²) in [5.74, 6) is 0.847. The maximum absolute atomic E-state index is 13.1. The minimum Gasteiger partial charge on any atom is -0.352 e. The predicted molar refractivity (Wildman–Crippen MR) is 127 cm³/mol. The van der Waals surface area contributed by atoms with E-state index < -0.39 is 6.04 Å². The van der Waals surface area contributed by atoms with E-state index in [-0.39, 0.29) is 17.9 Å². The van der Waals surface area contributed by atoms with Crippen LogP contribution in [0, 0.1) is 6.92 Å². The quantitative estimate of drug-likeness (QED) is 0.544. The van der Waals surface area contributed by atoms with Gasteiger partial charge in [-0.15, -0.1) is 11.8 Å². The minimum absolute atomic E-state index is 0.0626. The summed E-state index contributed by atoms with van der Waals surface area (Å²) in [5, 5.41) is 3.58. The molecule has 6 heteroatoms. The number of halogens is 1. The van der Waals surface area contributed by atoms with Gasteiger partial charge in [-0.2, -0.15) is 0 Å². The highest BCUT2D eigenvalue weighted by Crippen LogP contribution is 2.21. The van der Waals surface area contributed by atoms with E-state index in [0.29, 0.717) is 17.3 Å². The number of rotatable bonds is 10. The second kappa shape index (κ2) is 12.0. The largest absolute Gasteiger partial charge is 0.352 e. The van der Waals surface area contributed by atoms with Gasteiger partial charge in [0.2, 0.25) is 11.8 Å². The zero-order valence-corrected chi connectivity index (χ0v) is 19.7. The zero-order chi connectivity index (χ0) is 22.1. The van der Waals surface area contributed by atoms with Gasteiger partial charge in [-0.25, -0.2) is 0 Å². The van der Waals surface area contributed by atoms with Crippen molar-refractivity contribution in [3.8, 4) is 0 Å². The second-order valence-corrected chi connectivity index (χ2v) is 8.92. The Morgan fingerprint density at radius 2 is 1.70 bits per heavy atom. The van der Waals surface area contributed by atoms with Gasteiger partial charge in [-0.1, -0.05) is 61.0 Å². The molecule has 0 aromatic heterocycles. The maximum Gasteiger partial charge on any atom is 0.242 e. The number of benzene rings is 2. The Balaban J connectivity index is 2.10. The number of carbonyl (C=O) groups is 2. The van der Waals surface area contributed by atoms with E-state index in [9.17, 15) is 9.59 Å². The third kappa shape index (κ3) is 7.06. The summed E-state index contributed by atoms with van der Waals surface area (Å²) in [4.78, 5) is 27.5. The zero-order valence-electron chi connectivity index (χ0n) is 18.2. The molecule has 2 amide bonds. The lowest BCUT2D eigenvalue weighted by molar-refractivity contribution is -0.138. The molecule has 0 fully saturated rings. The SMILES string of the molecule is CCC(C)NC(=O)C(C)N(Cc1ccccc1Cl)C(=O)CSCc1ccccc1C. The number of amides is 2. The molecule has 0 aliphatic carbocycles. The van der Waals surface area contributed by atoms with Crippen LogP contribution in [0.4, 0.5) is 0 Å². The Kier molecular flexibility index (Phi) is 9.73. The van der Waals surface area contributed by atoms with Crippen LogP contribution >= 0.6 is 23.4 Å². The molecule has 30 heavy (non-hydrogen) atoms. The van der Waals surface area contributed by atoms with Gasteiger partial charge in [-0.3, -0.25) is 9.59 Å². The number of hydrogen-bond acceptors (Lipinski definition) is 3. The topological polar surface area (TPSA) is 49.4 Å². The summed E-state index contributed by atoms with van der Waals surface area (Å²) >= 11 is 7.89. The molecule has 0 aliphatic rings. The van der Waals surface area contributed by atoms with Crippen LogP contribution in [0.5, 0.6) is 0 Å². The summed E-state index contributed by atoms with van der Waals surface area (Å²) in [6.07, 6.45) is 0.837.